The van der Waals surface area contributed by atoms with Crippen LogP contribution in [0.25, 0.3) is 0 Å². The number of hydrogen-bond donors (Lipinski definition) is 2. The van der Waals surface area contributed by atoms with E-state index < -0.39 is 23.6 Å². The van der Waals surface area contributed by atoms with Crippen molar-refractivity contribution < 1.29 is 19.4 Å². The predicted octanol–water partition coefficient (Wildman–Crippen LogP) is 2.01. The molecule has 2 atom stereocenters. The maximum Gasteiger partial charge on any atom is 0.407 e. The Balaban J connectivity index is 4.01. The van der Waals surface area contributed by atoms with Crippen LogP contribution in [-0.4, -0.2) is 28.8 Å². The smallest absolute Gasteiger partial charge is 0.407 e. The Kier molecular flexibility index (Phi) is 5.27. The second kappa shape index (κ2) is 5.72. The molecule has 0 saturated carbocycles. The van der Waals surface area contributed by atoms with Gasteiger partial charge in [0.05, 0.1) is 5.92 Å². The first-order valence-electron chi connectivity index (χ1n) is 5.34. The minimum atomic E-state index is -0.863. The van der Waals surface area contributed by atoms with Crippen molar-refractivity contribution in [1.82, 2.24) is 5.32 Å². The first kappa shape index (κ1) is 14.7. The average Bonchev–Trinajstić information content (AvgIpc) is 1.98. The van der Waals surface area contributed by atoms with E-state index in [1.807, 2.05) is 0 Å². The Morgan fingerprint density at radius 1 is 1.31 bits per heavy atom. The molecule has 0 saturated heterocycles. The van der Waals surface area contributed by atoms with Crippen molar-refractivity contribution in [3.05, 3.63) is 0 Å². The van der Waals surface area contributed by atoms with Gasteiger partial charge in [-0.2, -0.15) is 0 Å². The van der Waals surface area contributed by atoms with Crippen molar-refractivity contribution in [2.45, 2.75) is 52.7 Å². The van der Waals surface area contributed by atoms with Crippen LogP contribution in [0.15, 0.2) is 0 Å². The first-order chi connectivity index (χ1) is 7.11. The highest BCUT2D eigenvalue weighted by Crippen LogP contribution is 2.09. The molecule has 94 valence electrons. The van der Waals surface area contributed by atoms with E-state index in [9.17, 15) is 9.59 Å². The normalized spacial score (nSPS) is 15.1. The number of amides is 1. The average molecular weight is 231 g/mol. The predicted molar refractivity (Wildman–Crippen MR) is 60.2 cm³/mol. The zero-order valence-electron chi connectivity index (χ0n) is 10.5. The highest BCUT2D eigenvalue weighted by atomic mass is 16.6. The number of nitrogens with one attached hydrogen (secondary N) is 1. The summed E-state index contributed by atoms with van der Waals surface area (Å²) >= 11 is 0. The summed E-state index contributed by atoms with van der Waals surface area (Å²) in [4.78, 5) is 21.9. The molecule has 0 aromatic rings. The van der Waals surface area contributed by atoms with Crippen LogP contribution < -0.4 is 5.32 Å². The van der Waals surface area contributed by atoms with Crippen LogP contribution in [0.4, 0.5) is 4.79 Å². The first-order valence-corrected chi connectivity index (χ1v) is 5.34. The molecule has 0 spiro atoms. The Morgan fingerprint density at radius 3 is 2.19 bits per heavy atom. The fourth-order valence-corrected chi connectivity index (χ4v) is 1.20. The lowest BCUT2D eigenvalue weighted by Gasteiger charge is -2.22. The van der Waals surface area contributed by atoms with Crippen molar-refractivity contribution in [2.24, 2.45) is 5.92 Å². The van der Waals surface area contributed by atoms with E-state index in [0.717, 1.165) is 0 Å². The van der Waals surface area contributed by atoms with Crippen LogP contribution in [-0.2, 0) is 9.53 Å². The maximum absolute atomic E-state index is 11.3. The molecule has 5 heteroatoms. The number of carboxylic acid groups (broad SMARTS) is 1. The van der Waals surface area contributed by atoms with Gasteiger partial charge in [-0.1, -0.05) is 6.92 Å². The molecule has 0 heterocycles. The van der Waals surface area contributed by atoms with E-state index in [4.69, 9.17) is 9.84 Å². The topological polar surface area (TPSA) is 75.6 Å². The summed E-state index contributed by atoms with van der Waals surface area (Å²) in [5.74, 6) is -1.34. The van der Waals surface area contributed by atoms with Crippen LogP contribution in [0, 0.1) is 5.92 Å². The van der Waals surface area contributed by atoms with Gasteiger partial charge in [-0.25, -0.2) is 4.79 Å². The number of alkyl carbamates (subject to hydrolysis) is 1. The molecule has 0 aliphatic carbocycles. The van der Waals surface area contributed by atoms with Crippen LogP contribution in [0.2, 0.25) is 0 Å². The molecule has 5 nitrogen and oxygen atoms in total. The van der Waals surface area contributed by atoms with Gasteiger partial charge in [0.15, 0.2) is 0 Å². The van der Waals surface area contributed by atoms with E-state index in [-0.39, 0.29) is 6.04 Å². The maximum atomic E-state index is 11.3. The standard InChI is InChI=1S/C11H21NO4/c1-7(9(13)14)6-8(2)12-10(15)16-11(3,4)5/h7-8H,6H2,1-5H3,(H,12,15)(H,13,14)/t7-,8+/m0/s1. The van der Waals surface area contributed by atoms with Gasteiger partial charge in [-0.15, -0.1) is 0 Å². The van der Waals surface area contributed by atoms with E-state index >= 15 is 0 Å². The van der Waals surface area contributed by atoms with Crippen molar-refractivity contribution >= 4 is 12.1 Å². The van der Waals surface area contributed by atoms with Gasteiger partial charge in [-0.3, -0.25) is 4.79 Å². The quantitative estimate of drug-likeness (QED) is 0.776. The van der Waals surface area contributed by atoms with Gasteiger partial charge in [-0.05, 0) is 34.1 Å². The van der Waals surface area contributed by atoms with Crippen LogP contribution in [0.5, 0.6) is 0 Å². The Hall–Kier alpha value is -1.26. The molecule has 16 heavy (non-hydrogen) atoms. The lowest BCUT2D eigenvalue weighted by Crippen LogP contribution is -2.38. The fourth-order valence-electron chi connectivity index (χ4n) is 1.20. The van der Waals surface area contributed by atoms with Crippen molar-refractivity contribution in [3.8, 4) is 0 Å². The summed E-state index contributed by atoms with van der Waals surface area (Å²) in [6.45, 7) is 8.68. The molecule has 2 N–H and O–H groups in total. The Bertz CT molecular complexity index is 257. The van der Waals surface area contributed by atoms with E-state index in [1.54, 1.807) is 34.6 Å². The third-order valence-electron chi connectivity index (χ3n) is 1.89. The summed E-state index contributed by atoms with van der Waals surface area (Å²) in [5.41, 5.74) is -0.539. The van der Waals surface area contributed by atoms with Gasteiger partial charge in [0, 0.05) is 6.04 Å². The van der Waals surface area contributed by atoms with Gasteiger partial charge in [0.1, 0.15) is 5.60 Å². The van der Waals surface area contributed by atoms with Gasteiger partial charge < -0.3 is 15.2 Å². The summed E-state index contributed by atoms with van der Waals surface area (Å²) in [7, 11) is 0. The Labute approximate surface area is 96.2 Å². The highest BCUT2D eigenvalue weighted by Gasteiger charge is 2.20. The molecule has 0 unspecified atom stereocenters. The lowest BCUT2D eigenvalue weighted by atomic mass is 10.0. The molecule has 0 aromatic carbocycles. The zero-order chi connectivity index (χ0) is 12.9. The second-order valence-corrected chi connectivity index (χ2v) is 5.02. The molecule has 0 rings (SSSR count). The van der Waals surface area contributed by atoms with E-state index in [1.165, 1.54) is 0 Å². The van der Waals surface area contributed by atoms with Crippen LogP contribution in [0.1, 0.15) is 41.0 Å². The van der Waals surface area contributed by atoms with Crippen molar-refractivity contribution in [2.75, 3.05) is 0 Å². The number of carboxylic acids is 1. The Morgan fingerprint density at radius 2 is 1.81 bits per heavy atom. The number of carbonyl (C=O) groups is 2. The van der Waals surface area contributed by atoms with Gasteiger partial charge >= 0.3 is 12.1 Å². The molecule has 0 fully saturated rings. The molecule has 0 aliphatic rings. The van der Waals surface area contributed by atoms with E-state index in [0.29, 0.717) is 6.42 Å². The van der Waals surface area contributed by atoms with Crippen LogP contribution >= 0.6 is 0 Å². The van der Waals surface area contributed by atoms with E-state index in [2.05, 4.69) is 5.32 Å². The number of ether oxygens (including phenoxy) is 1. The van der Waals surface area contributed by atoms with Gasteiger partial charge in [0.2, 0.25) is 0 Å². The summed E-state index contributed by atoms with van der Waals surface area (Å²) in [6, 6.07) is -0.221. The fraction of sp³-hybridized carbons (Fsp3) is 0.818. The molecular formula is C11H21NO4. The van der Waals surface area contributed by atoms with Gasteiger partial charge in [0.25, 0.3) is 0 Å². The molecular weight excluding hydrogens is 210 g/mol. The third kappa shape index (κ3) is 7.09. The minimum Gasteiger partial charge on any atom is -0.481 e. The number of carbonyl (C=O) groups excluding carboxylic acids is 1. The largest absolute Gasteiger partial charge is 0.481 e. The third-order valence-corrected chi connectivity index (χ3v) is 1.89. The summed E-state index contributed by atoms with van der Waals surface area (Å²) < 4.78 is 5.05. The highest BCUT2D eigenvalue weighted by molar-refractivity contribution is 5.70. The molecule has 0 aromatic heterocycles. The number of aliphatic carboxylic acids is 1. The number of hydrogen-bond acceptors (Lipinski definition) is 3. The second-order valence-electron chi connectivity index (χ2n) is 5.02. The zero-order valence-corrected chi connectivity index (χ0v) is 10.5. The monoisotopic (exact) mass is 231 g/mol. The summed E-state index contributed by atoms with van der Waals surface area (Å²) in [5, 5.41) is 11.3. The molecule has 0 aliphatic heterocycles. The SMILES string of the molecule is C[C@H](C[C@H](C)C(=O)O)NC(=O)OC(C)(C)C. The van der Waals surface area contributed by atoms with Crippen molar-refractivity contribution in [1.29, 1.82) is 0 Å². The van der Waals surface area contributed by atoms with Crippen molar-refractivity contribution in [3.63, 3.8) is 0 Å². The van der Waals surface area contributed by atoms with Crippen LogP contribution in [0.3, 0.4) is 0 Å². The number of rotatable bonds is 4. The minimum absolute atomic E-state index is 0.221. The summed E-state index contributed by atoms with van der Waals surface area (Å²) in [6.07, 6.45) is -0.133. The molecule has 1 amide bonds. The molecule has 0 bridgehead atoms. The molecule has 0 radical (unpaired) electrons. The lowest BCUT2D eigenvalue weighted by molar-refractivity contribution is -0.141.